The smallest absolute Gasteiger partial charge is 0.410 e. The number of piperazine rings is 1. The monoisotopic (exact) mass is 631 g/mol. The molecule has 1 aromatic heterocycles. The van der Waals surface area contributed by atoms with Crippen LogP contribution in [0.5, 0.6) is 11.8 Å². The largest absolute Gasteiger partial charge is 0.489 e. The number of aromatic nitrogens is 2. The predicted molar refractivity (Wildman–Crippen MR) is 157 cm³/mol. The van der Waals surface area contributed by atoms with Crippen LogP contribution in [-0.2, 0) is 4.74 Å². The third-order valence-electron chi connectivity index (χ3n) is 9.07. The molecule has 0 N–H and O–H groups in total. The third kappa shape index (κ3) is 4.24. The number of carbonyl (C=O) groups excluding carboxylic acids is 1. The molecular formula is C29H35BrClN5O4. The summed E-state index contributed by atoms with van der Waals surface area (Å²) in [6.45, 7) is 13.5. The van der Waals surface area contributed by atoms with Gasteiger partial charge >= 0.3 is 12.1 Å². The van der Waals surface area contributed by atoms with Crippen molar-refractivity contribution >= 4 is 50.3 Å². The van der Waals surface area contributed by atoms with Gasteiger partial charge in [-0.05, 0) is 81.4 Å². The van der Waals surface area contributed by atoms with Crippen molar-refractivity contribution in [2.45, 2.75) is 82.1 Å². The number of amides is 1. The van der Waals surface area contributed by atoms with Crippen molar-refractivity contribution in [2.24, 2.45) is 0 Å². The number of carbonyl (C=O) groups is 1. The molecule has 7 rings (SSSR count). The van der Waals surface area contributed by atoms with Gasteiger partial charge in [-0.1, -0.05) is 23.8 Å². The third-order valence-corrected chi connectivity index (χ3v) is 10.3. The highest BCUT2D eigenvalue weighted by Crippen LogP contribution is 2.48. The van der Waals surface area contributed by atoms with Gasteiger partial charge in [0, 0.05) is 17.6 Å². The van der Waals surface area contributed by atoms with E-state index in [9.17, 15) is 4.79 Å². The number of rotatable bonds is 3. The number of nitrogens with zero attached hydrogens (tertiary/aromatic N) is 5. The first-order valence-corrected chi connectivity index (χ1v) is 15.4. The summed E-state index contributed by atoms with van der Waals surface area (Å²) >= 11 is 10.4. The molecule has 2 aromatic rings. The molecule has 1 amide bonds. The van der Waals surface area contributed by atoms with Crippen molar-refractivity contribution in [2.75, 3.05) is 37.7 Å². The van der Waals surface area contributed by atoms with Crippen molar-refractivity contribution < 1.29 is 19.0 Å². The van der Waals surface area contributed by atoms with Crippen LogP contribution in [0.15, 0.2) is 22.7 Å². The van der Waals surface area contributed by atoms with E-state index in [4.69, 9.17) is 35.8 Å². The zero-order chi connectivity index (χ0) is 28.0. The van der Waals surface area contributed by atoms with Gasteiger partial charge in [0.05, 0.1) is 39.6 Å². The Balaban J connectivity index is 1.26. The van der Waals surface area contributed by atoms with E-state index in [2.05, 4.69) is 32.3 Å². The maximum absolute atomic E-state index is 13.3. The average Bonchev–Trinajstić information content (AvgIpc) is 3.47. The topological polar surface area (TPSA) is 80.3 Å². The molecule has 0 unspecified atom stereocenters. The molecule has 9 nitrogen and oxygen atoms in total. The van der Waals surface area contributed by atoms with E-state index in [-0.39, 0.29) is 29.8 Å². The lowest BCUT2D eigenvalue weighted by Crippen LogP contribution is -2.63. The molecule has 214 valence electrons. The number of ether oxygens (including phenoxy) is 3. The highest BCUT2D eigenvalue weighted by Gasteiger charge is 2.52. The van der Waals surface area contributed by atoms with E-state index in [1.165, 1.54) is 12.0 Å². The summed E-state index contributed by atoms with van der Waals surface area (Å²) in [6.07, 6.45) is 4.72. The van der Waals surface area contributed by atoms with Crippen LogP contribution >= 0.6 is 27.5 Å². The van der Waals surface area contributed by atoms with E-state index >= 15 is 0 Å². The molecule has 1 aromatic carbocycles. The fraction of sp³-hybridized carbons (Fsp3) is 0.621. The molecule has 5 aliphatic heterocycles. The average molecular weight is 633 g/mol. The second-order valence-corrected chi connectivity index (χ2v) is 14.1. The summed E-state index contributed by atoms with van der Waals surface area (Å²) in [5.74, 6) is 1.32. The molecule has 4 saturated heterocycles. The van der Waals surface area contributed by atoms with Crippen molar-refractivity contribution in [3.05, 3.63) is 27.7 Å². The molecule has 5 aliphatic rings. The van der Waals surface area contributed by atoms with Crippen LogP contribution in [0.25, 0.3) is 10.9 Å². The number of fused-ring (bicyclic) bond motifs is 6. The van der Waals surface area contributed by atoms with Gasteiger partial charge in [0.1, 0.15) is 24.6 Å². The molecule has 4 atom stereocenters. The van der Waals surface area contributed by atoms with Crippen molar-refractivity contribution in [3.63, 3.8) is 0 Å². The van der Waals surface area contributed by atoms with Crippen molar-refractivity contribution in [1.29, 1.82) is 0 Å². The van der Waals surface area contributed by atoms with Crippen LogP contribution in [0, 0.1) is 0 Å². The van der Waals surface area contributed by atoms with Crippen molar-refractivity contribution in [3.8, 4) is 11.8 Å². The number of benzene rings is 1. The Morgan fingerprint density at radius 1 is 1.30 bits per heavy atom. The highest BCUT2D eigenvalue weighted by molar-refractivity contribution is 9.10. The maximum Gasteiger partial charge on any atom is 0.410 e. The highest BCUT2D eigenvalue weighted by atomic mass is 79.9. The normalized spacial score (nSPS) is 29.3. The lowest BCUT2D eigenvalue weighted by Gasteiger charge is -2.46. The molecule has 0 spiro atoms. The number of hydrogen-bond acceptors (Lipinski definition) is 8. The molecule has 6 heterocycles. The van der Waals surface area contributed by atoms with Gasteiger partial charge in [0.2, 0.25) is 0 Å². The maximum atomic E-state index is 13.3. The summed E-state index contributed by atoms with van der Waals surface area (Å²) in [6, 6.07) is 2.11. The van der Waals surface area contributed by atoms with E-state index < -0.39 is 5.60 Å². The summed E-state index contributed by atoms with van der Waals surface area (Å²) < 4.78 is 19.4. The van der Waals surface area contributed by atoms with Gasteiger partial charge in [-0.15, -0.1) is 0 Å². The minimum absolute atomic E-state index is 0.0217. The first kappa shape index (κ1) is 26.6. The van der Waals surface area contributed by atoms with Gasteiger partial charge in [0.25, 0.3) is 0 Å². The zero-order valence-electron chi connectivity index (χ0n) is 23.2. The second-order valence-electron chi connectivity index (χ2n) is 12.9. The van der Waals surface area contributed by atoms with Crippen LogP contribution in [0.1, 0.15) is 52.9 Å². The fourth-order valence-electron chi connectivity index (χ4n) is 7.47. The molecule has 0 radical (unpaired) electrons. The number of hydrogen-bond donors (Lipinski definition) is 0. The summed E-state index contributed by atoms with van der Waals surface area (Å²) in [5, 5.41) is 1.27. The first-order valence-electron chi connectivity index (χ1n) is 14.2. The van der Waals surface area contributed by atoms with Crippen LogP contribution in [-0.4, -0.2) is 88.0 Å². The SMILES string of the molecule is C=C1CN2CCC[C@@]2(COc2nc3c4c(c(Cl)c(Br)cc4n2)OC[C@@H]2[C@@H]4CC[C@H](CN32)N4C(=O)OC(C)(C)C)C1. The van der Waals surface area contributed by atoms with Crippen molar-refractivity contribution in [1.82, 2.24) is 19.8 Å². The Morgan fingerprint density at radius 3 is 2.92 bits per heavy atom. The molecular weight excluding hydrogens is 598 g/mol. The van der Waals surface area contributed by atoms with E-state index in [0.717, 1.165) is 50.0 Å². The van der Waals surface area contributed by atoms with Crippen LogP contribution in [0.3, 0.4) is 0 Å². The lowest BCUT2D eigenvalue weighted by atomic mass is 9.94. The second kappa shape index (κ2) is 9.36. The van der Waals surface area contributed by atoms with E-state index in [1.807, 2.05) is 31.7 Å². The molecule has 40 heavy (non-hydrogen) atoms. The Morgan fingerprint density at radius 2 is 2.12 bits per heavy atom. The Hall–Kier alpha value is -2.30. The number of anilines is 1. The molecule has 4 fully saturated rings. The van der Waals surface area contributed by atoms with Gasteiger partial charge in [-0.3, -0.25) is 9.80 Å². The minimum atomic E-state index is -0.561. The molecule has 11 heteroatoms. The predicted octanol–water partition coefficient (Wildman–Crippen LogP) is 5.57. The summed E-state index contributed by atoms with van der Waals surface area (Å²) in [4.78, 5) is 29.9. The summed E-state index contributed by atoms with van der Waals surface area (Å²) in [7, 11) is 0. The Bertz CT molecular complexity index is 1420. The van der Waals surface area contributed by atoms with Gasteiger partial charge < -0.3 is 19.1 Å². The molecule has 0 saturated carbocycles. The van der Waals surface area contributed by atoms with E-state index in [1.54, 1.807) is 0 Å². The number of halogens is 2. The van der Waals surface area contributed by atoms with Gasteiger partial charge in [-0.2, -0.15) is 9.97 Å². The zero-order valence-corrected chi connectivity index (χ0v) is 25.6. The van der Waals surface area contributed by atoms with Gasteiger partial charge in [-0.25, -0.2) is 4.79 Å². The fourth-order valence-corrected chi connectivity index (χ4v) is 8.07. The van der Waals surface area contributed by atoms with Gasteiger partial charge in [0.15, 0.2) is 5.75 Å². The Kier molecular flexibility index (Phi) is 6.22. The minimum Gasteiger partial charge on any atom is -0.489 e. The van der Waals surface area contributed by atoms with Crippen LogP contribution < -0.4 is 14.4 Å². The first-order chi connectivity index (χ1) is 19.0. The molecule has 2 bridgehead atoms. The van der Waals surface area contributed by atoms with Crippen LogP contribution in [0.4, 0.5) is 10.6 Å². The quantitative estimate of drug-likeness (QED) is 0.407. The standard InChI is InChI=1S/C29H35BrClN5O4/c1-16-11-29(8-5-9-34(29)12-16)15-39-26-32-19-10-18(30)23(31)24-22(19)25(33-26)35-13-17-6-7-20(21(35)14-38-24)36(17)27(37)40-28(2,3)4/h10,17,20-21H,1,5-9,11-15H2,2-4H3/t17-,20+,21-,29+/m1/s1. The van der Waals surface area contributed by atoms with Crippen LogP contribution in [0.2, 0.25) is 5.02 Å². The molecule has 0 aliphatic carbocycles. The van der Waals surface area contributed by atoms with E-state index in [0.29, 0.717) is 46.5 Å². The Labute approximate surface area is 247 Å². The summed E-state index contributed by atoms with van der Waals surface area (Å²) in [5.41, 5.74) is 1.38. The lowest BCUT2D eigenvalue weighted by molar-refractivity contribution is 0.00545.